The van der Waals surface area contributed by atoms with Crippen molar-refractivity contribution in [3.8, 4) is 0 Å². The van der Waals surface area contributed by atoms with Crippen LogP contribution in [0.15, 0.2) is 24.3 Å². The number of amides is 4. The van der Waals surface area contributed by atoms with Crippen molar-refractivity contribution in [1.29, 1.82) is 0 Å². The molecule has 0 spiro atoms. The number of benzene rings is 1. The van der Waals surface area contributed by atoms with Gasteiger partial charge in [-0.25, -0.2) is 9.69 Å². The van der Waals surface area contributed by atoms with E-state index in [1.165, 1.54) is 9.80 Å². The Bertz CT molecular complexity index is 657. The van der Waals surface area contributed by atoms with Gasteiger partial charge in [-0.1, -0.05) is 17.7 Å². The summed E-state index contributed by atoms with van der Waals surface area (Å²) in [5.41, 5.74) is 1.79. The summed E-state index contributed by atoms with van der Waals surface area (Å²) in [6.45, 7) is 7.84. The normalized spacial score (nSPS) is 18.9. The van der Waals surface area contributed by atoms with Crippen LogP contribution in [0.2, 0.25) is 0 Å². The molecule has 1 fully saturated rings. The molecule has 2 rings (SSSR count). The summed E-state index contributed by atoms with van der Waals surface area (Å²) >= 11 is 0. The molecule has 0 saturated carbocycles. The number of imide groups is 1. The molecular formula is C18H27N4O3+. The highest BCUT2D eigenvalue weighted by Crippen LogP contribution is 2.25. The summed E-state index contributed by atoms with van der Waals surface area (Å²) in [6, 6.07) is 6.68. The molecule has 1 aromatic rings. The Morgan fingerprint density at radius 2 is 1.84 bits per heavy atom. The molecule has 1 aliphatic heterocycles. The molecule has 0 aliphatic carbocycles. The first-order chi connectivity index (χ1) is 11.7. The van der Waals surface area contributed by atoms with Gasteiger partial charge in [-0.05, 0) is 39.8 Å². The number of anilines is 1. The first-order valence-electron chi connectivity index (χ1n) is 8.52. The number of nitrogens with zero attached hydrogens (tertiary/aromatic N) is 2. The fraction of sp³-hybridized carbons (Fsp3) is 0.500. The Kier molecular flexibility index (Phi) is 5.79. The molecule has 1 unspecified atom stereocenters. The van der Waals surface area contributed by atoms with Gasteiger partial charge < -0.3 is 10.2 Å². The summed E-state index contributed by atoms with van der Waals surface area (Å²) in [4.78, 5) is 40.6. The van der Waals surface area contributed by atoms with Gasteiger partial charge in [0.25, 0.3) is 11.8 Å². The first-order valence-corrected chi connectivity index (χ1v) is 8.52. The molecule has 1 heterocycles. The number of likely N-dealkylation sites (N-methyl/N-ethyl adjacent to an activating group) is 1. The minimum Gasteiger partial charge on any atom is -0.349 e. The molecular weight excluding hydrogens is 320 g/mol. The van der Waals surface area contributed by atoms with E-state index in [1.807, 2.05) is 45.0 Å². The van der Waals surface area contributed by atoms with Gasteiger partial charge in [0.2, 0.25) is 0 Å². The number of carbonyl (C=O) groups excluding carboxylic acids is 3. The fourth-order valence-electron chi connectivity index (χ4n) is 2.88. The molecule has 0 bridgehead atoms. The number of urea groups is 1. The molecule has 4 amide bonds. The largest absolute Gasteiger partial charge is 0.349 e. The molecule has 136 valence electrons. The molecule has 2 atom stereocenters. The molecule has 1 aromatic carbocycles. The SMILES string of the molecule is Cc1ccc(N2C(=O)N(C[NH+](C)CC(=O)NC(C)C)C(=O)[C@H]2C)cc1. The van der Waals surface area contributed by atoms with Crippen molar-refractivity contribution >= 4 is 23.5 Å². The number of hydrogen-bond donors (Lipinski definition) is 2. The molecule has 7 nitrogen and oxygen atoms in total. The highest BCUT2D eigenvalue weighted by Gasteiger charge is 2.44. The summed E-state index contributed by atoms with van der Waals surface area (Å²) in [7, 11) is 1.79. The predicted octanol–water partition coefficient (Wildman–Crippen LogP) is 0.149. The average molecular weight is 347 g/mol. The van der Waals surface area contributed by atoms with Crippen LogP contribution < -0.4 is 15.1 Å². The van der Waals surface area contributed by atoms with Crippen LogP contribution in [-0.4, -0.2) is 55.1 Å². The fourth-order valence-corrected chi connectivity index (χ4v) is 2.88. The van der Waals surface area contributed by atoms with Crippen molar-refractivity contribution in [3.63, 3.8) is 0 Å². The zero-order valence-electron chi connectivity index (χ0n) is 15.5. The van der Waals surface area contributed by atoms with E-state index < -0.39 is 6.04 Å². The van der Waals surface area contributed by atoms with Crippen molar-refractivity contribution < 1.29 is 19.3 Å². The van der Waals surface area contributed by atoms with Crippen LogP contribution in [0.4, 0.5) is 10.5 Å². The van der Waals surface area contributed by atoms with Crippen LogP contribution in [0.1, 0.15) is 26.3 Å². The lowest BCUT2D eigenvalue weighted by Gasteiger charge is -2.21. The van der Waals surface area contributed by atoms with Crippen molar-refractivity contribution in [2.24, 2.45) is 0 Å². The second kappa shape index (κ2) is 7.65. The Morgan fingerprint density at radius 1 is 1.24 bits per heavy atom. The lowest BCUT2D eigenvalue weighted by molar-refractivity contribution is -0.879. The van der Waals surface area contributed by atoms with E-state index in [4.69, 9.17) is 0 Å². The topological polar surface area (TPSA) is 74.2 Å². The summed E-state index contributed by atoms with van der Waals surface area (Å²) in [6.07, 6.45) is 0. The van der Waals surface area contributed by atoms with Crippen LogP contribution in [0.25, 0.3) is 0 Å². The lowest BCUT2D eigenvalue weighted by Crippen LogP contribution is -3.12. The second-order valence-corrected chi connectivity index (χ2v) is 6.94. The van der Waals surface area contributed by atoms with E-state index in [0.29, 0.717) is 5.69 Å². The number of carbonyl (C=O) groups is 3. The number of hydrogen-bond acceptors (Lipinski definition) is 3. The van der Waals surface area contributed by atoms with Gasteiger partial charge >= 0.3 is 6.03 Å². The number of nitrogens with one attached hydrogen (secondary N) is 2. The summed E-state index contributed by atoms with van der Waals surface area (Å²) in [5, 5.41) is 2.81. The Balaban J connectivity index is 2.07. The smallest absolute Gasteiger partial charge is 0.336 e. The average Bonchev–Trinajstić information content (AvgIpc) is 2.71. The predicted molar refractivity (Wildman–Crippen MR) is 95.3 cm³/mol. The van der Waals surface area contributed by atoms with Gasteiger partial charge in [-0.15, -0.1) is 0 Å². The van der Waals surface area contributed by atoms with E-state index in [0.717, 1.165) is 10.5 Å². The zero-order chi connectivity index (χ0) is 18.7. The van der Waals surface area contributed by atoms with Crippen LogP contribution in [0.5, 0.6) is 0 Å². The third kappa shape index (κ3) is 4.36. The van der Waals surface area contributed by atoms with E-state index in [1.54, 1.807) is 14.0 Å². The second-order valence-electron chi connectivity index (χ2n) is 6.94. The van der Waals surface area contributed by atoms with Crippen LogP contribution in [0, 0.1) is 6.92 Å². The van der Waals surface area contributed by atoms with Gasteiger partial charge in [0, 0.05) is 11.7 Å². The van der Waals surface area contributed by atoms with Crippen molar-refractivity contribution in [1.82, 2.24) is 10.2 Å². The number of aryl methyl sites for hydroxylation is 1. The number of rotatable bonds is 6. The van der Waals surface area contributed by atoms with Crippen molar-refractivity contribution in [3.05, 3.63) is 29.8 Å². The quantitative estimate of drug-likeness (QED) is 0.720. The van der Waals surface area contributed by atoms with Gasteiger partial charge in [-0.3, -0.25) is 14.5 Å². The van der Waals surface area contributed by atoms with Gasteiger partial charge in [0.1, 0.15) is 6.04 Å². The molecule has 2 N–H and O–H groups in total. The maximum Gasteiger partial charge on any atom is 0.336 e. The van der Waals surface area contributed by atoms with E-state index in [9.17, 15) is 14.4 Å². The minimum atomic E-state index is -0.549. The lowest BCUT2D eigenvalue weighted by atomic mass is 10.2. The van der Waals surface area contributed by atoms with E-state index in [2.05, 4.69) is 5.32 Å². The van der Waals surface area contributed by atoms with Crippen molar-refractivity contribution in [2.75, 3.05) is 25.2 Å². The zero-order valence-corrected chi connectivity index (χ0v) is 15.5. The third-order valence-corrected chi connectivity index (χ3v) is 4.10. The molecule has 1 saturated heterocycles. The number of quaternary nitrogens is 1. The van der Waals surface area contributed by atoms with E-state index >= 15 is 0 Å². The Labute approximate surface area is 148 Å². The highest BCUT2D eigenvalue weighted by molar-refractivity contribution is 6.13. The standard InChI is InChI=1S/C18H26N4O3/c1-12(2)19-16(23)10-20(5)11-21-17(24)14(4)22(18(21)25)15-8-6-13(3)7-9-15/h6-9,12,14H,10-11H2,1-5H3,(H,19,23)/p+1/t14-/m1/s1. The van der Waals surface area contributed by atoms with Gasteiger partial charge in [-0.2, -0.15) is 0 Å². The molecule has 0 aromatic heterocycles. The van der Waals surface area contributed by atoms with Gasteiger partial charge in [0.05, 0.1) is 7.05 Å². The van der Waals surface area contributed by atoms with Crippen LogP contribution >= 0.6 is 0 Å². The minimum absolute atomic E-state index is 0.0624. The molecule has 25 heavy (non-hydrogen) atoms. The monoisotopic (exact) mass is 347 g/mol. The van der Waals surface area contributed by atoms with Crippen molar-refractivity contribution in [2.45, 2.75) is 39.8 Å². The maximum absolute atomic E-state index is 12.7. The van der Waals surface area contributed by atoms with Gasteiger partial charge in [0.15, 0.2) is 13.2 Å². The molecule has 0 radical (unpaired) electrons. The Hall–Kier alpha value is -2.41. The molecule has 7 heteroatoms. The van der Waals surface area contributed by atoms with Crippen LogP contribution in [0.3, 0.4) is 0 Å². The van der Waals surface area contributed by atoms with Crippen LogP contribution in [-0.2, 0) is 9.59 Å². The summed E-state index contributed by atoms with van der Waals surface area (Å²) in [5.74, 6) is -0.343. The van der Waals surface area contributed by atoms with E-state index in [-0.39, 0.29) is 37.1 Å². The highest BCUT2D eigenvalue weighted by atomic mass is 16.2. The summed E-state index contributed by atoms with van der Waals surface area (Å²) < 4.78 is 0. The first kappa shape index (κ1) is 18.9. The molecule has 1 aliphatic rings. The Morgan fingerprint density at radius 3 is 2.40 bits per heavy atom. The maximum atomic E-state index is 12.7. The third-order valence-electron chi connectivity index (χ3n) is 4.10.